The molecule has 0 aliphatic rings. The monoisotopic (exact) mass is 360 g/mol. The van der Waals surface area contributed by atoms with Gasteiger partial charge in [0, 0.05) is 10.8 Å². The Bertz CT molecular complexity index is 1200. The van der Waals surface area contributed by atoms with Crippen LogP contribution in [0.5, 0.6) is 11.5 Å². The lowest BCUT2D eigenvalue weighted by Gasteiger charge is -2.15. The van der Waals surface area contributed by atoms with Gasteiger partial charge in [0.25, 0.3) is 5.56 Å². The molecular formula is C22H20N2O3. The number of benzene rings is 3. The lowest BCUT2D eigenvalue weighted by atomic mass is 10.0. The lowest BCUT2D eigenvalue weighted by Crippen LogP contribution is -2.21. The van der Waals surface area contributed by atoms with Crippen LogP contribution in [-0.2, 0) is 6.54 Å². The first-order valence-corrected chi connectivity index (χ1v) is 8.67. The van der Waals surface area contributed by atoms with Crippen LogP contribution < -0.4 is 15.0 Å². The molecule has 0 radical (unpaired) electrons. The Morgan fingerprint density at radius 2 is 1.52 bits per heavy atom. The SMILES string of the molecule is C=CCn1c(=O)c2c(OC)c3ccccc3c(OC)c2n1-c1ccccc1. The molecule has 27 heavy (non-hydrogen) atoms. The summed E-state index contributed by atoms with van der Waals surface area (Å²) in [5, 5.41) is 2.24. The first-order chi connectivity index (χ1) is 13.2. The Kier molecular flexibility index (Phi) is 4.20. The zero-order valence-corrected chi connectivity index (χ0v) is 15.3. The summed E-state index contributed by atoms with van der Waals surface area (Å²) in [5.74, 6) is 1.20. The van der Waals surface area contributed by atoms with E-state index in [4.69, 9.17) is 9.47 Å². The first kappa shape index (κ1) is 17.0. The second kappa shape index (κ2) is 6.68. The smallest absolute Gasteiger partial charge is 0.279 e. The van der Waals surface area contributed by atoms with Gasteiger partial charge in [0.2, 0.25) is 0 Å². The number of rotatable bonds is 5. The molecule has 0 aliphatic carbocycles. The van der Waals surface area contributed by atoms with Crippen LogP contribution in [0.25, 0.3) is 27.4 Å². The highest BCUT2D eigenvalue weighted by Crippen LogP contribution is 2.42. The molecule has 0 bridgehead atoms. The number of aromatic nitrogens is 2. The van der Waals surface area contributed by atoms with Gasteiger partial charge in [-0.15, -0.1) is 6.58 Å². The van der Waals surface area contributed by atoms with Gasteiger partial charge >= 0.3 is 0 Å². The summed E-state index contributed by atoms with van der Waals surface area (Å²) < 4.78 is 15.0. The zero-order chi connectivity index (χ0) is 19.0. The minimum Gasteiger partial charge on any atom is -0.495 e. The van der Waals surface area contributed by atoms with E-state index in [0.717, 1.165) is 16.5 Å². The molecule has 136 valence electrons. The van der Waals surface area contributed by atoms with Crippen molar-refractivity contribution in [2.24, 2.45) is 0 Å². The Morgan fingerprint density at radius 3 is 2.11 bits per heavy atom. The predicted octanol–water partition coefficient (Wildman–Crippen LogP) is 4.15. The van der Waals surface area contributed by atoms with Gasteiger partial charge in [0.1, 0.15) is 16.7 Å². The number of methoxy groups -OCH3 is 2. The molecule has 4 rings (SSSR count). The van der Waals surface area contributed by atoms with Gasteiger partial charge in [-0.1, -0.05) is 48.5 Å². The largest absolute Gasteiger partial charge is 0.495 e. The number of ether oxygens (including phenoxy) is 2. The fraction of sp³-hybridized carbons (Fsp3) is 0.136. The lowest BCUT2D eigenvalue weighted by molar-refractivity contribution is 0.416. The van der Waals surface area contributed by atoms with Gasteiger partial charge in [-0.3, -0.25) is 4.79 Å². The third kappa shape index (κ3) is 2.43. The van der Waals surface area contributed by atoms with E-state index in [1.807, 2.05) is 59.3 Å². The molecule has 0 amide bonds. The highest BCUT2D eigenvalue weighted by Gasteiger charge is 2.25. The fourth-order valence-electron chi connectivity index (χ4n) is 3.65. The van der Waals surface area contributed by atoms with Crippen LogP contribution >= 0.6 is 0 Å². The fourth-order valence-corrected chi connectivity index (χ4v) is 3.65. The maximum Gasteiger partial charge on any atom is 0.279 e. The van der Waals surface area contributed by atoms with Crippen molar-refractivity contribution in [3.8, 4) is 17.2 Å². The van der Waals surface area contributed by atoms with Crippen molar-refractivity contribution >= 4 is 21.7 Å². The number of allylic oxidation sites excluding steroid dienone is 1. The molecule has 0 aliphatic heterocycles. The van der Waals surface area contributed by atoms with Crippen LogP contribution in [0, 0.1) is 0 Å². The van der Waals surface area contributed by atoms with Gasteiger partial charge in [-0.05, 0) is 12.1 Å². The summed E-state index contributed by atoms with van der Waals surface area (Å²) in [7, 11) is 3.21. The first-order valence-electron chi connectivity index (χ1n) is 8.67. The number of para-hydroxylation sites is 1. The summed E-state index contributed by atoms with van der Waals surface area (Å²) in [5.41, 5.74) is 1.41. The summed E-state index contributed by atoms with van der Waals surface area (Å²) >= 11 is 0. The topological polar surface area (TPSA) is 45.4 Å². The van der Waals surface area contributed by atoms with Crippen molar-refractivity contribution in [1.82, 2.24) is 9.36 Å². The quantitative estimate of drug-likeness (QED) is 0.502. The van der Waals surface area contributed by atoms with Crippen LogP contribution in [0.1, 0.15) is 0 Å². The van der Waals surface area contributed by atoms with E-state index in [2.05, 4.69) is 6.58 Å². The van der Waals surface area contributed by atoms with Crippen molar-refractivity contribution in [3.05, 3.63) is 77.6 Å². The van der Waals surface area contributed by atoms with E-state index in [1.54, 1.807) is 25.0 Å². The normalized spacial score (nSPS) is 11.0. The molecule has 5 nitrogen and oxygen atoms in total. The van der Waals surface area contributed by atoms with E-state index in [9.17, 15) is 4.79 Å². The average molecular weight is 360 g/mol. The summed E-state index contributed by atoms with van der Waals surface area (Å²) in [6.45, 7) is 4.17. The Labute approximate surface area is 156 Å². The van der Waals surface area contributed by atoms with E-state index >= 15 is 0 Å². The Morgan fingerprint density at radius 1 is 0.926 bits per heavy atom. The molecule has 0 saturated carbocycles. The molecule has 0 fully saturated rings. The van der Waals surface area contributed by atoms with Crippen molar-refractivity contribution in [2.45, 2.75) is 6.54 Å². The van der Waals surface area contributed by atoms with E-state index in [1.165, 1.54) is 0 Å². The van der Waals surface area contributed by atoms with Gasteiger partial charge in [0.15, 0.2) is 5.75 Å². The molecular weight excluding hydrogens is 340 g/mol. The van der Waals surface area contributed by atoms with Crippen LogP contribution in [0.2, 0.25) is 0 Å². The third-order valence-corrected chi connectivity index (χ3v) is 4.71. The molecule has 0 N–H and O–H groups in total. The molecule has 1 heterocycles. The molecule has 0 saturated heterocycles. The molecule has 5 heteroatoms. The molecule has 0 atom stereocenters. The van der Waals surface area contributed by atoms with Crippen LogP contribution in [-0.4, -0.2) is 23.6 Å². The Balaban J connectivity index is 2.32. The summed E-state index contributed by atoms with van der Waals surface area (Å²) in [6, 6.07) is 17.5. The molecule has 0 spiro atoms. The third-order valence-electron chi connectivity index (χ3n) is 4.71. The summed E-state index contributed by atoms with van der Waals surface area (Å²) in [4.78, 5) is 13.4. The minimum absolute atomic E-state index is 0.144. The van der Waals surface area contributed by atoms with Gasteiger partial charge < -0.3 is 9.47 Å². The van der Waals surface area contributed by atoms with Crippen molar-refractivity contribution in [2.75, 3.05) is 14.2 Å². The second-order valence-electron chi connectivity index (χ2n) is 6.16. The van der Waals surface area contributed by atoms with E-state index in [0.29, 0.717) is 28.9 Å². The highest BCUT2D eigenvalue weighted by atomic mass is 16.5. The van der Waals surface area contributed by atoms with Crippen molar-refractivity contribution in [1.29, 1.82) is 0 Å². The zero-order valence-electron chi connectivity index (χ0n) is 15.3. The maximum atomic E-state index is 13.4. The standard InChI is InChI=1S/C22H20N2O3/c1-4-14-23-22(25)18-19(24(23)15-10-6-5-7-11-15)21(27-3)17-13-9-8-12-16(17)20(18)26-2/h4-13H,1,14H2,2-3H3. The molecule has 0 unspecified atom stereocenters. The van der Waals surface area contributed by atoms with Crippen molar-refractivity contribution < 1.29 is 9.47 Å². The van der Waals surface area contributed by atoms with Crippen LogP contribution in [0.15, 0.2) is 72.0 Å². The number of nitrogens with zero attached hydrogens (tertiary/aromatic N) is 2. The average Bonchev–Trinajstić information content (AvgIpc) is 2.99. The highest BCUT2D eigenvalue weighted by molar-refractivity contribution is 6.10. The van der Waals surface area contributed by atoms with Gasteiger partial charge in [-0.2, -0.15) is 0 Å². The summed E-state index contributed by atoms with van der Waals surface area (Å²) in [6.07, 6.45) is 1.71. The van der Waals surface area contributed by atoms with E-state index < -0.39 is 0 Å². The molecule has 3 aromatic carbocycles. The molecule has 4 aromatic rings. The predicted molar refractivity (Wildman–Crippen MR) is 108 cm³/mol. The van der Waals surface area contributed by atoms with Gasteiger partial charge in [-0.25, -0.2) is 9.36 Å². The second-order valence-corrected chi connectivity index (χ2v) is 6.16. The van der Waals surface area contributed by atoms with Crippen LogP contribution in [0.4, 0.5) is 0 Å². The minimum atomic E-state index is -0.144. The Hall–Kier alpha value is -3.47. The van der Waals surface area contributed by atoms with E-state index in [-0.39, 0.29) is 5.56 Å². The number of hydrogen-bond donors (Lipinski definition) is 0. The van der Waals surface area contributed by atoms with Gasteiger partial charge in [0.05, 0.1) is 26.5 Å². The van der Waals surface area contributed by atoms with Crippen molar-refractivity contribution in [3.63, 3.8) is 0 Å². The maximum absolute atomic E-state index is 13.4. The molecule has 1 aromatic heterocycles. The number of fused-ring (bicyclic) bond motifs is 2. The number of hydrogen-bond acceptors (Lipinski definition) is 3. The van der Waals surface area contributed by atoms with Crippen LogP contribution in [0.3, 0.4) is 0 Å².